The molecule has 0 fully saturated rings. The molecule has 0 saturated heterocycles. The van der Waals surface area contributed by atoms with Gasteiger partial charge in [-0.05, 0) is 0 Å². The van der Waals surface area contributed by atoms with Gasteiger partial charge < -0.3 is 5.11 Å². The van der Waals surface area contributed by atoms with Crippen molar-refractivity contribution in [2.24, 2.45) is 0 Å². The second kappa shape index (κ2) is 6.72. The van der Waals surface area contributed by atoms with Crippen molar-refractivity contribution in [1.82, 2.24) is 0 Å². The number of carboxylic acids is 1. The van der Waals surface area contributed by atoms with Crippen LogP contribution in [0.5, 0.6) is 0 Å². The highest BCUT2D eigenvalue weighted by atomic mass is 35.5. The molecule has 0 saturated carbocycles. The van der Waals surface area contributed by atoms with Gasteiger partial charge in [-0.25, -0.2) is 4.79 Å². The van der Waals surface area contributed by atoms with E-state index in [0.29, 0.717) is 0 Å². The first kappa shape index (κ1) is 15.6. The van der Waals surface area contributed by atoms with Gasteiger partial charge in [0, 0.05) is 6.92 Å². The molecule has 0 aliphatic rings. The number of aliphatic carboxylic acids is 1. The molecule has 0 rings (SSSR count). The number of halogens is 2. The molecule has 0 amide bonds. The Morgan fingerprint density at radius 3 is 1.38 bits per heavy atom. The highest BCUT2D eigenvalue weighted by Gasteiger charge is 1.98. The average molecular weight is 161 g/mol. The van der Waals surface area contributed by atoms with Gasteiger partial charge in [0.15, 0.2) is 0 Å². The van der Waals surface area contributed by atoms with Crippen molar-refractivity contribution in [1.29, 1.82) is 0 Å². The number of Topliss-reactive ketones (excluding diaryl/α,β-unsaturated/α-hetero) is 1. The summed E-state index contributed by atoms with van der Waals surface area (Å²) < 4.78 is 0. The first-order chi connectivity index (χ1) is 2.64. The predicted octanol–water partition coefficient (Wildman–Crippen LogP) is 0.504. The Morgan fingerprint density at radius 1 is 1.25 bits per heavy atom. The molecule has 0 heterocycles. The Labute approximate surface area is 58.9 Å². The molecule has 0 aliphatic carbocycles. The fraction of sp³-hybridized carbons (Fsp3) is 0.333. The zero-order chi connectivity index (χ0) is 5.15. The highest BCUT2D eigenvalue weighted by molar-refractivity contribution is 6.31. The summed E-state index contributed by atoms with van der Waals surface area (Å²) in [7, 11) is 0. The lowest BCUT2D eigenvalue weighted by molar-refractivity contribution is -0.148. The third-order valence-electron chi connectivity index (χ3n) is 0.301. The van der Waals surface area contributed by atoms with Crippen LogP contribution in [0, 0.1) is 0 Å². The van der Waals surface area contributed by atoms with Gasteiger partial charge in [-0.15, -0.1) is 24.8 Å². The van der Waals surface area contributed by atoms with E-state index in [4.69, 9.17) is 5.11 Å². The second-order valence-corrected chi connectivity index (χ2v) is 0.861. The van der Waals surface area contributed by atoms with E-state index >= 15 is 0 Å². The van der Waals surface area contributed by atoms with Gasteiger partial charge in [-0.2, -0.15) is 0 Å². The lowest BCUT2D eigenvalue weighted by Crippen LogP contribution is -2.05. The van der Waals surface area contributed by atoms with Crippen molar-refractivity contribution in [3.05, 3.63) is 0 Å². The van der Waals surface area contributed by atoms with Gasteiger partial charge in [-0.3, -0.25) is 4.79 Å². The minimum atomic E-state index is -1.38. The molecule has 3 nitrogen and oxygen atoms in total. The smallest absolute Gasteiger partial charge is 0.371 e. The van der Waals surface area contributed by atoms with Crippen molar-refractivity contribution < 1.29 is 14.7 Å². The number of rotatable bonds is 1. The topological polar surface area (TPSA) is 54.4 Å². The van der Waals surface area contributed by atoms with Crippen molar-refractivity contribution in [2.75, 3.05) is 0 Å². The number of carbonyl (C=O) groups excluding carboxylic acids is 1. The summed E-state index contributed by atoms with van der Waals surface area (Å²) in [5.41, 5.74) is 0. The van der Waals surface area contributed by atoms with Crippen LogP contribution in [0.15, 0.2) is 0 Å². The minimum Gasteiger partial charge on any atom is -0.476 e. The Bertz CT molecular complexity index is 78.5. The van der Waals surface area contributed by atoms with Gasteiger partial charge in [-0.1, -0.05) is 0 Å². The number of carbonyl (C=O) groups is 2. The molecule has 0 bridgehead atoms. The zero-order valence-electron chi connectivity index (χ0n) is 4.08. The van der Waals surface area contributed by atoms with Gasteiger partial charge in [0.2, 0.25) is 5.78 Å². The SMILES string of the molecule is CC(=O)C(=O)O.Cl.Cl. The molecule has 0 aliphatic heterocycles. The minimum absolute atomic E-state index is 0. The molecule has 0 aromatic rings. The summed E-state index contributed by atoms with van der Waals surface area (Å²) in [4.78, 5) is 18.9. The lowest BCUT2D eigenvalue weighted by atomic mass is 10.5. The van der Waals surface area contributed by atoms with E-state index in [2.05, 4.69) is 0 Å². The molecule has 8 heavy (non-hydrogen) atoms. The molecule has 0 spiro atoms. The fourth-order valence-corrected chi connectivity index (χ4v) is 0. The Balaban J connectivity index is -0.000000125. The molecule has 50 valence electrons. The third-order valence-corrected chi connectivity index (χ3v) is 0.301. The van der Waals surface area contributed by atoms with Crippen LogP contribution < -0.4 is 0 Å². The van der Waals surface area contributed by atoms with Crippen molar-refractivity contribution in [3.8, 4) is 0 Å². The lowest BCUT2D eigenvalue weighted by Gasteiger charge is -1.73. The van der Waals surface area contributed by atoms with E-state index in [-0.39, 0.29) is 24.8 Å². The maximum atomic E-state index is 9.54. The van der Waals surface area contributed by atoms with Crippen LogP contribution in [-0.2, 0) is 9.59 Å². The molecule has 0 radical (unpaired) electrons. The summed E-state index contributed by atoms with van der Waals surface area (Å²) in [5.74, 6) is -2.20. The van der Waals surface area contributed by atoms with E-state index in [9.17, 15) is 9.59 Å². The van der Waals surface area contributed by atoms with Crippen LogP contribution in [0.25, 0.3) is 0 Å². The van der Waals surface area contributed by atoms with Gasteiger partial charge in [0.05, 0.1) is 0 Å². The first-order valence-corrected chi connectivity index (χ1v) is 1.38. The maximum Gasteiger partial charge on any atom is 0.371 e. The molecular formula is C3H6Cl2O3. The predicted molar refractivity (Wildman–Crippen MR) is 32.8 cm³/mol. The van der Waals surface area contributed by atoms with Crippen molar-refractivity contribution >= 4 is 36.6 Å². The quantitative estimate of drug-likeness (QED) is 0.569. The molecule has 0 aromatic carbocycles. The first-order valence-electron chi connectivity index (χ1n) is 1.38. The van der Waals surface area contributed by atoms with Crippen LogP contribution in [0.4, 0.5) is 0 Å². The van der Waals surface area contributed by atoms with E-state index < -0.39 is 11.8 Å². The van der Waals surface area contributed by atoms with E-state index in [1.165, 1.54) is 0 Å². The van der Waals surface area contributed by atoms with E-state index in [0.717, 1.165) is 6.92 Å². The van der Waals surface area contributed by atoms with Crippen LogP contribution in [0.3, 0.4) is 0 Å². The Hall–Kier alpha value is -0.280. The number of carboxylic acid groups (broad SMARTS) is 1. The Morgan fingerprint density at radius 2 is 1.38 bits per heavy atom. The van der Waals surface area contributed by atoms with Crippen molar-refractivity contribution in [2.45, 2.75) is 6.92 Å². The molecule has 0 aromatic heterocycles. The highest BCUT2D eigenvalue weighted by Crippen LogP contribution is 1.61. The largest absolute Gasteiger partial charge is 0.476 e. The summed E-state index contributed by atoms with van der Waals surface area (Å²) in [6, 6.07) is 0. The molecule has 1 N–H and O–H groups in total. The zero-order valence-corrected chi connectivity index (χ0v) is 5.71. The standard InChI is InChI=1S/C3H4O3.2ClH/c1-2(4)3(5)6;;/h1H3,(H,5,6);2*1H. The number of ketones is 1. The van der Waals surface area contributed by atoms with Gasteiger partial charge >= 0.3 is 5.97 Å². The normalized spacial score (nSPS) is 5.62. The average Bonchev–Trinajstić information content (AvgIpc) is 1.36. The summed E-state index contributed by atoms with van der Waals surface area (Å²) in [6.07, 6.45) is 0. The summed E-state index contributed by atoms with van der Waals surface area (Å²) >= 11 is 0. The van der Waals surface area contributed by atoms with Crippen LogP contribution >= 0.6 is 24.8 Å². The Kier molecular flexibility index (Phi) is 13.1. The summed E-state index contributed by atoms with van der Waals surface area (Å²) in [5, 5.41) is 7.64. The van der Waals surface area contributed by atoms with Gasteiger partial charge in [0.25, 0.3) is 0 Å². The molecular weight excluding hydrogens is 155 g/mol. The molecule has 0 atom stereocenters. The van der Waals surface area contributed by atoms with E-state index in [1.54, 1.807) is 0 Å². The third kappa shape index (κ3) is 9.21. The van der Waals surface area contributed by atoms with Crippen LogP contribution in [0.2, 0.25) is 0 Å². The van der Waals surface area contributed by atoms with Crippen molar-refractivity contribution in [3.63, 3.8) is 0 Å². The number of hydrogen-bond donors (Lipinski definition) is 1. The van der Waals surface area contributed by atoms with Crippen LogP contribution in [-0.4, -0.2) is 16.9 Å². The fourth-order valence-electron chi connectivity index (χ4n) is 0. The number of hydrogen-bond acceptors (Lipinski definition) is 2. The molecule has 5 heteroatoms. The monoisotopic (exact) mass is 160 g/mol. The van der Waals surface area contributed by atoms with Crippen LogP contribution in [0.1, 0.15) is 6.92 Å². The van der Waals surface area contributed by atoms with Gasteiger partial charge in [0.1, 0.15) is 0 Å². The molecule has 0 unspecified atom stereocenters. The summed E-state index contributed by atoms with van der Waals surface area (Å²) in [6.45, 7) is 1.00. The maximum absolute atomic E-state index is 9.54. The second-order valence-electron chi connectivity index (χ2n) is 0.861. The van der Waals surface area contributed by atoms with E-state index in [1.807, 2.05) is 0 Å².